The molecule has 1 saturated heterocycles. The molecule has 2 unspecified atom stereocenters. The van der Waals surface area contributed by atoms with Crippen molar-refractivity contribution in [2.24, 2.45) is 5.92 Å². The number of nitrogens with zero attached hydrogens (tertiary/aromatic N) is 2. The second kappa shape index (κ2) is 10.8. The van der Waals surface area contributed by atoms with E-state index in [0.717, 1.165) is 31.2 Å². The topological polar surface area (TPSA) is 69.7 Å². The van der Waals surface area contributed by atoms with Gasteiger partial charge in [0.15, 0.2) is 0 Å². The number of alkyl halides is 1. The maximum absolute atomic E-state index is 13.2. The Morgan fingerprint density at radius 3 is 2.43 bits per heavy atom. The van der Waals surface area contributed by atoms with Gasteiger partial charge >= 0.3 is 0 Å². The first kappa shape index (κ1) is 22.6. The van der Waals surface area contributed by atoms with E-state index >= 15 is 0 Å². The van der Waals surface area contributed by atoms with Crippen LogP contribution in [0.5, 0.6) is 0 Å². The Morgan fingerprint density at radius 2 is 1.80 bits per heavy atom. The third kappa shape index (κ3) is 5.75. The van der Waals surface area contributed by atoms with E-state index in [1.165, 1.54) is 6.42 Å². The average molecular weight is 434 g/mol. The van der Waals surface area contributed by atoms with Crippen LogP contribution in [-0.2, 0) is 20.8 Å². The molecule has 1 aromatic rings. The maximum atomic E-state index is 13.2. The summed E-state index contributed by atoms with van der Waals surface area (Å²) in [5.41, 5.74) is 0.977. The molecule has 2 atom stereocenters. The summed E-state index contributed by atoms with van der Waals surface area (Å²) in [6.45, 7) is 3.52. The van der Waals surface area contributed by atoms with Crippen LogP contribution in [0.2, 0.25) is 0 Å². The molecule has 2 aliphatic rings. The predicted molar refractivity (Wildman–Crippen MR) is 117 cm³/mol. The van der Waals surface area contributed by atoms with Gasteiger partial charge in [-0.05, 0) is 25.3 Å². The van der Waals surface area contributed by atoms with Gasteiger partial charge in [0.05, 0.1) is 0 Å². The average Bonchev–Trinajstić information content (AvgIpc) is 2.78. The Morgan fingerprint density at radius 1 is 1.10 bits per heavy atom. The number of nitrogens with one attached hydrogen (secondary N) is 1. The molecular weight excluding hydrogens is 402 g/mol. The number of hydrogen-bond donors (Lipinski definition) is 1. The summed E-state index contributed by atoms with van der Waals surface area (Å²) in [4.78, 5) is 41.8. The molecule has 0 aromatic heterocycles. The van der Waals surface area contributed by atoms with Crippen LogP contribution < -0.4 is 5.32 Å². The van der Waals surface area contributed by atoms with E-state index in [1.807, 2.05) is 42.2 Å². The monoisotopic (exact) mass is 433 g/mol. The SMILES string of the molecule is CC1CN(C(=O)C(Cc2ccccc2)NC(=O)CCl)CCN1C(=O)C1CCCCC1. The summed E-state index contributed by atoms with van der Waals surface area (Å²) in [6.07, 6.45) is 5.86. The van der Waals surface area contributed by atoms with Gasteiger partial charge in [-0.25, -0.2) is 0 Å². The van der Waals surface area contributed by atoms with Gasteiger partial charge in [0, 0.05) is 38.0 Å². The molecule has 1 heterocycles. The Kier molecular flexibility index (Phi) is 8.14. The van der Waals surface area contributed by atoms with Gasteiger partial charge in [-0.3, -0.25) is 14.4 Å². The van der Waals surface area contributed by atoms with Crippen LogP contribution in [0.1, 0.15) is 44.6 Å². The van der Waals surface area contributed by atoms with Crippen molar-refractivity contribution in [1.29, 1.82) is 0 Å². The fourth-order valence-corrected chi connectivity index (χ4v) is 4.65. The van der Waals surface area contributed by atoms with Gasteiger partial charge in [-0.1, -0.05) is 49.6 Å². The van der Waals surface area contributed by atoms with Crippen LogP contribution in [-0.4, -0.2) is 65.1 Å². The lowest BCUT2D eigenvalue weighted by molar-refractivity contribution is -0.147. The van der Waals surface area contributed by atoms with Gasteiger partial charge in [-0.15, -0.1) is 11.6 Å². The van der Waals surface area contributed by atoms with Gasteiger partial charge in [0.2, 0.25) is 17.7 Å². The fraction of sp³-hybridized carbons (Fsp3) is 0.609. The summed E-state index contributed by atoms with van der Waals surface area (Å²) in [5.74, 6) is -0.277. The van der Waals surface area contributed by atoms with E-state index in [9.17, 15) is 14.4 Å². The molecule has 1 aliphatic heterocycles. The smallest absolute Gasteiger partial charge is 0.245 e. The number of carbonyl (C=O) groups is 3. The minimum Gasteiger partial charge on any atom is -0.343 e. The van der Waals surface area contributed by atoms with Gasteiger partial charge in [0.25, 0.3) is 0 Å². The molecule has 164 valence electrons. The number of hydrogen-bond acceptors (Lipinski definition) is 3. The molecule has 3 rings (SSSR count). The molecular formula is C23H32ClN3O3. The first-order chi connectivity index (χ1) is 14.5. The number of amides is 3. The van der Waals surface area contributed by atoms with E-state index in [1.54, 1.807) is 4.90 Å². The van der Waals surface area contributed by atoms with Crippen molar-refractivity contribution in [3.05, 3.63) is 35.9 Å². The normalized spacial score (nSPS) is 21.2. The first-order valence-electron chi connectivity index (χ1n) is 11.0. The van der Waals surface area contributed by atoms with Crippen LogP contribution in [0.25, 0.3) is 0 Å². The predicted octanol–water partition coefficient (Wildman–Crippen LogP) is 2.59. The van der Waals surface area contributed by atoms with Crippen molar-refractivity contribution in [2.45, 2.75) is 57.5 Å². The summed E-state index contributed by atoms with van der Waals surface area (Å²) in [5, 5.41) is 2.77. The molecule has 1 aliphatic carbocycles. The lowest BCUT2D eigenvalue weighted by Crippen LogP contribution is -2.60. The van der Waals surface area contributed by atoms with Crippen LogP contribution in [0, 0.1) is 5.92 Å². The number of carbonyl (C=O) groups excluding carboxylic acids is 3. The van der Waals surface area contributed by atoms with E-state index in [4.69, 9.17) is 11.6 Å². The molecule has 0 bridgehead atoms. The highest BCUT2D eigenvalue weighted by Crippen LogP contribution is 2.27. The highest BCUT2D eigenvalue weighted by molar-refractivity contribution is 6.27. The van der Waals surface area contributed by atoms with Crippen molar-refractivity contribution in [1.82, 2.24) is 15.1 Å². The minimum absolute atomic E-state index is 0.0294. The van der Waals surface area contributed by atoms with Gasteiger partial charge in [-0.2, -0.15) is 0 Å². The Labute approximate surface area is 183 Å². The highest BCUT2D eigenvalue weighted by atomic mass is 35.5. The number of piperazine rings is 1. The molecule has 1 saturated carbocycles. The van der Waals surface area contributed by atoms with Crippen molar-refractivity contribution in [3.63, 3.8) is 0 Å². The standard InChI is InChI=1S/C23H32ClN3O3/c1-17-16-26(12-13-27(17)22(29)19-10-6-3-7-11-19)23(30)20(25-21(28)15-24)14-18-8-4-2-5-9-18/h2,4-5,8-9,17,19-20H,3,6-7,10-16H2,1H3,(H,25,28). The minimum atomic E-state index is -0.661. The third-order valence-corrected chi connectivity index (χ3v) is 6.46. The Balaban J connectivity index is 1.63. The van der Waals surface area contributed by atoms with Gasteiger partial charge < -0.3 is 15.1 Å². The third-order valence-electron chi connectivity index (χ3n) is 6.21. The van der Waals surface area contributed by atoms with E-state index < -0.39 is 6.04 Å². The van der Waals surface area contributed by atoms with Crippen molar-refractivity contribution < 1.29 is 14.4 Å². The molecule has 30 heavy (non-hydrogen) atoms. The second-order valence-electron chi connectivity index (χ2n) is 8.44. The lowest BCUT2D eigenvalue weighted by Gasteiger charge is -2.42. The van der Waals surface area contributed by atoms with Crippen molar-refractivity contribution in [3.8, 4) is 0 Å². The van der Waals surface area contributed by atoms with Crippen LogP contribution in [0.4, 0.5) is 0 Å². The molecule has 0 radical (unpaired) electrons. The zero-order valence-corrected chi connectivity index (χ0v) is 18.4. The fourth-order valence-electron chi connectivity index (χ4n) is 4.57. The second-order valence-corrected chi connectivity index (χ2v) is 8.71. The van der Waals surface area contributed by atoms with Crippen LogP contribution in [0.3, 0.4) is 0 Å². The molecule has 7 heteroatoms. The summed E-state index contributed by atoms with van der Waals surface area (Å²) in [6, 6.07) is 8.94. The largest absolute Gasteiger partial charge is 0.343 e. The Bertz CT molecular complexity index is 736. The van der Waals surface area contributed by atoms with E-state index in [2.05, 4.69) is 5.32 Å². The van der Waals surface area contributed by atoms with Crippen LogP contribution >= 0.6 is 11.6 Å². The van der Waals surface area contributed by atoms with E-state index in [0.29, 0.717) is 26.1 Å². The van der Waals surface area contributed by atoms with Gasteiger partial charge in [0.1, 0.15) is 11.9 Å². The maximum Gasteiger partial charge on any atom is 0.245 e. The molecule has 1 aromatic carbocycles. The molecule has 2 fully saturated rings. The first-order valence-corrected chi connectivity index (χ1v) is 11.5. The molecule has 0 spiro atoms. The van der Waals surface area contributed by atoms with Crippen molar-refractivity contribution >= 4 is 29.3 Å². The zero-order chi connectivity index (χ0) is 21.5. The molecule has 1 N–H and O–H groups in total. The number of benzene rings is 1. The quantitative estimate of drug-likeness (QED) is 0.701. The lowest BCUT2D eigenvalue weighted by atomic mass is 9.87. The van der Waals surface area contributed by atoms with Crippen molar-refractivity contribution in [2.75, 3.05) is 25.5 Å². The van der Waals surface area contributed by atoms with Crippen LogP contribution in [0.15, 0.2) is 30.3 Å². The summed E-state index contributed by atoms with van der Waals surface area (Å²) < 4.78 is 0. The summed E-state index contributed by atoms with van der Waals surface area (Å²) >= 11 is 5.66. The highest BCUT2D eigenvalue weighted by Gasteiger charge is 2.35. The molecule has 6 nitrogen and oxygen atoms in total. The summed E-state index contributed by atoms with van der Waals surface area (Å²) in [7, 11) is 0. The zero-order valence-electron chi connectivity index (χ0n) is 17.7. The molecule has 3 amide bonds. The Hall–Kier alpha value is -2.08. The van der Waals surface area contributed by atoms with E-state index in [-0.39, 0.29) is 35.6 Å². The number of halogens is 1. The number of rotatable bonds is 6.